The van der Waals surface area contributed by atoms with Gasteiger partial charge in [0.25, 0.3) is 0 Å². The van der Waals surface area contributed by atoms with Gasteiger partial charge in [-0.25, -0.2) is 14.6 Å². The maximum Gasteiger partial charge on any atom is 0.413 e. The first kappa shape index (κ1) is 23.6. The summed E-state index contributed by atoms with van der Waals surface area (Å²) in [7, 11) is 0. The number of anilines is 1. The number of rotatable bonds is 3. The van der Waals surface area contributed by atoms with E-state index in [1.165, 1.54) is 0 Å². The van der Waals surface area contributed by atoms with Crippen molar-refractivity contribution in [2.24, 2.45) is 0 Å². The van der Waals surface area contributed by atoms with Gasteiger partial charge in [0.15, 0.2) is 0 Å². The van der Waals surface area contributed by atoms with Crippen LogP contribution in [0.15, 0.2) is 24.5 Å². The smallest absolute Gasteiger partial charge is 0.413 e. The molecule has 3 heterocycles. The van der Waals surface area contributed by atoms with E-state index in [0.29, 0.717) is 12.4 Å². The zero-order valence-corrected chi connectivity index (χ0v) is 19.7. The van der Waals surface area contributed by atoms with Crippen molar-refractivity contribution >= 4 is 18.0 Å². The van der Waals surface area contributed by atoms with Crippen LogP contribution in [0, 0.1) is 0 Å². The molecule has 0 saturated carbocycles. The Hall–Kier alpha value is -3.10. The van der Waals surface area contributed by atoms with Crippen molar-refractivity contribution in [1.82, 2.24) is 20.1 Å². The Kier molecular flexibility index (Phi) is 6.76. The summed E-state index contributed by atoms with van der Waals surface area (Å²) < 4.78 is 10.9. The highest BCUT2D eigenvalue weighted by molar-refractivity contribution is 5.85. The molecule has 0 bridgehead atoms. The second-order valence-electron chi connectivity index (χ2n) is 9.94. The summed E-state index contributed by atoms with van der Waals surface area (Å²) in [5, 5.41) is 9.99. The van der Waals surface area contributed by atoms with Gasteiger partial charge in [0.05, 0.1) is 17.9 Å². The lowest BCUT2D eigenvalue weighted by molar-refractivity contribution is 0.00905. The molecule has 2 amide bonds. The lowest BCUT2D eigenvalue weighted by atomic mass is 9.95. The first-order valence-electron chi connectivity index (χ1n) is 10.9. The third-order valence-electron chi connectivity index (χ3n) is 4.83. The molecule has 2 N–H and O–H groups in total. The average molecular weight is 444 g/mol. The highest BCUT2D eigenvalue weighted by Crippen LogP contribution is 2.36. The third kappa shape index (κ3) is 6.21. The van der Waals surface area contributed by atoms with Crippen LogP contribution in [0.25, 0.3) is 11.1 Å². The standard InChI is InChI=1S/C23H33N5O4/c1-22(2,3)31-20(29)26-18-13-15(10-11-24-18)16-14-25-27-19(16)17-9-7-8-12-28(17)21(30)32-23(4,5)6/h10-11,13-14,17H,7-9,12H2,1-6H3,(H,25,27)(H,24,26,29)/t17-/m0/s1. The second-order valence-corrected chi connectivity index (χ2v) is 9.94. The highest BCUT2D eigenvalue weighted by atomic mass is 16.6. The molecular formula is C23H33N5O4. The molecule has 1 saturated heterocycles. The molecule has 1 aliphatic heterocycles. The van der Waals surface area contributed by atoms with Gasteiger partial charge in [-0.2, -0.15) is 5.10 Å². The summed E-state index contributed by atoms with van der Waals surface area (Å²) in [6.45, 7) is 11.6. The molecule has 9 nitrogen and oxygen atoms in total. The summed E-state index contributed by atoms with van der Waals surface area (Å²) in [4.78, 5) is 31.0. The van der Waals surface area contributed by atoms with Crippen molar-refractivity contribution in [2.75, 3.05) is 11.9 Å². The Balaban J connectivity index is 1.84. The molecule has 9 heteroatoms. The average Bonchev–Trinajstić information content (AvgIpc) is 3.15. The van der Waals surface area contributed by atoms with Gasteiger partial charge in [-0.05, 0) is 78.5 Å². The van der Waals surface area contributed by atoms with Gasteiger partial charge in [-0.3, -0.25) is 15.3 Å². The molecule has 0 aromatic carbocycles. The fourth-order valence-electron chi connectivity index (χ4n) is 3.63. The number of carbonyl (C=O) groups is 2. The Labute approximate surface area is 188 Å². The van der Waals surface area contributed by atoms with E-state index in [1.54, 1.807) is 44.1 Å². The highest BCUT2D eigenvalue weighted by Gasteiger charge is 2.33. The number of nitrogens with one attached hydrogen (secondary N) is 2. The van der Waals surface area contributed by atoms with E-state index in [1.807, 2.05) is 26.8 Å². The molecule has 1 atom stereocenters. The number of aromatic nitrogens is 3. The lowest BCUT2D eigenvalue weighted by Crippen LogP contribution is -2.42. The van der Waals surface area contributed by atoms with E-state index < -0.39 is 17.3 Å². The van der Waals surface area contributed by atoms with Gasteiger partial charge in [-0.15, -0.1) is 0 Å². The van der Waals surface area contributed by atoms with Crippen LogP contribution in [0.2, 0.25) is 0 Å². The number of amides is 2. The molecule has 2 aromatic rings. The van der Waals surface area contributed by atoms with Crippen molar-refractivity contribution in [3.05, 3.63) is 30.2 Å². The quantitative estimate of drug-likeness (QED) is 0.668. The van der Waals surface area contributed by atoms with Gasteiger partial charge in [0, 0.05) is 18.3 Å². The molecule has 0 aliphatic carbocycles. The number of H-pyrrole nitrogens is 1. The number of likely N-dealkylation sites (tertiary alicyclic amines) is 1. The zero-order valence-electron chi connectivity index (χ0n) is 19.7. The van der Waals surface area contributed by atoms with Crippen LogP contribution in [0.4, 0.5) is 15.4 Å². The summed E-state index contributed by atoms with van der Waals surface area (Å²) in [5.74, 6) is 0.372. The number of pyridine rings is 1. The Morgan fingerprint density at radius 3 is 2.53 bits per heavy atom. The molecule has 1 aliphatic rings. The summed E-state index contributed by atoms with van der Waals surface area (Å²) in [5.41, 5.74) is 1.34. The molecule has 3 rings (SSSR count). The number of aromatic amines is 1. The number of ether oxygens (including phenoxy) is 2. The van der Waals surface area contributed by atoms with Crippen LogP contribution in [0.3, 0.4) is 0 Å². The van der Waals surface area contributed by atoms with Gasteiger partial charge in [-0.1, -0.05) is 0 Å². The van der Waals surface area contributed by atoms with E-state index in [0.717, 1.165) is 36.1 Å². The maximum atomic E-state index is 12.9. The van der Waals surface area contributed by atoms with Crippen LogP contribution in [-0.4, -0.2) is 50.0 Å². The zero-order chi connectivity index (χ0) is 23.5. The van der Waals surface area contributed by atoms with Crippen LogP contribution in [-0.2, 0) is 9.47 Å². The van der Waals surface area contributed by atoms with Gasteiger partial charge >= 0.3 is 12.2 Å². The van der Waals surface area contributed by atoms with Crippen LogP contribution in [0.5, 0.6) is 0 Å². The Morgan fingerprint density at radius 2 is 1.84 bits per heavy atom. The van der Waals surface area contributed by atoms with Crippen LogP contribution in [0.1, 0.15) is 72.5 Å². The third-order valence-corrected chi connectivity index (χ3v) is 4.83. The van der Waals surface area contributed by atoms with E-state index in [2.05, 4.69) is 20.5 Å². The van der Waals surface area contributed by atoms with Gasteiger partial charge in [0.2, 0.25) is 0 Å². The van der Waals surface area contributed by atoms with Gasteiger partial charge in [0.1, 0.15) is 17.0 Å². The van der Waals surface area contributed by atoms with E-state index >= 15 is 0 Å². The van der Waals surface area contributed by atoms with Crippen molar-refractivity contribution in [1.29, 1.82) is 0 Å². The molecule has 0 spiro atoms. The molecule has 1 fully saturated rings. The van der Waals surface area contributed by atoms with E-state index in [9.17, 15) is 9.59 Å². The van der Waals surface area contributed by atoms with Crippen molar-refractivity contribution < 1.29 is 19.1 Å². The normalized spacial score (nSPS) is 17.1. The van der Waals surface area contributed by atoms with E-state index in [-0.39, 0.29) is 12.1 Å². The minimum absolute atomic E-state index is 0.175. The summed E-state index contributed by atoms with van der Waals surface area (Å²) >= 11 is 0. The fourth-order valence-corrected chi connectivity index (χ4v) is 3.63. The molecule has 0 radical (unpaired) electrons. The first-order chi connectivity index (χ1) is 14.9. The number of piperidine rings is 1. The monoisotopic (exact) mass is 443 g/mol. The summed E-state index contributed by atoms with van der Waals surface area (Å²) in [6, 6.07) is 3.43. The minimum Gasteiger partial charge on any atom is -0.444 e. The van der Waals surface area contributed by atoms with Crippen LogP contribution >= 0.6 is 0 Å². The number of carbonyl (C=O) groups excluding carboxylic acids is 2. The second kappa shape index (κ2) is 9.18. The maximum absolute atomic E-state index is 12.9. The van der Waals surface area contributed by atoms with E-state index in [4.69, 9.17) is 9.47 Å². The van der Waals surface area contributed by atoms with Crippen LogP contribution < -0.4 is 5.32 Å². The number of nitrogens with zero attached hydrogens (tertiary/aromatic N) is 3. The van der Waals surface area contributed by atoms with Crippen molar-refractivity contribution in [3.63, 3.8) is 0 Å². The molecule has 32 heavy (non-hydrogen) atoms. The Morgan fingerprint density at radius 1 is 1.12 bits per heavy atom. The predicted octanol–water partition coefficient (Wildman–Crippen LogP) is 5.28. The topological polar surface area (TPSA) is 109 Å². The number of hydrogen-bond donors (Lipinski definition) is 2. The minimum atomic E-state index is -0.606. The molecule has 2 aromatic heterocycles. The van der Waals surface area contributed by atoms with Crippen molar-refractivity contribution in [2.45, 2.75) is 78.0 Å². The number of hydrogen-bond acceptors (Lipinski definition) is 6. The SMILES string of the molecule is CC(C)(C)OC(=O)Nc1cc(-c2cn[nH]c2[C@@H]2CCCCN2C(=O)OC(C)(C)C)ccn1. The fraction of sp³-hybridized carbons (Fsp3) is 0.565. The molecule has 0 unspecified atom stereocenters. The summed E-state index contributed by atoms with van der Waals surface area (Å²) in [6.07, 6.45) is 5.18. The largest absolute Gasteiger partial charge is 0.444 e. The van der Waals surface area contributed by atoms with Crippen molar-refractivity contribution in [3.8, 4) is 11.1 Å². The van der Waals surface area contributed by atoms with Gasteiger partial charge < -0.3 is 9.47 Å². The molecule has 174 valence electrons. The molecular weight excluding hydrogens is 410 g/mol. The first-order valence-corrected chi connectivity index (χ1v) is 10.9. The lowest BCUT2D eigenvalue weighted by Gasteiger charge is -2.36. The predicted molar refractivity (Wildman–Crippen MR) is 121 cm³/mol. The Bertz CT molecular complexity index is 958.